The topological polar surface area (TPSA) is 29.5 Å². The van der Waals surface area contributed by atoms with Crippen LogP contribution in [-0.4, -0.2) is 0 Å². The Morgan fingerprint density at radius 1 is 0.415 bits per heavy atom. The number of rotatable bonds is 5. The highest BCUT2D eigenvalue weighted by Crippen LogP contribution is 2.58. The maximum atomic E-state index is 6.65. The molecule has 0 unspecified atom stereocenters. The number of anilines is 3. The van der Waals surface area contributed by atoms with Crippen molar-refractivity contribution in [3.05, 3.63) is 199 Å². The van der Waals surface area contributed by atoms with Crippen molar-refractivity contribution in [2.45, 2.75) is 12.3 Å². The van der Waals surface area contributed by atoms with Crippen LogP contribution in [0.2, 0.25) is 0 Å². The number of furan rings is 2. The fraction of sp³-hybridized carbons (Fsp3) is 0.0400. The van der Waals surface area contributed by atoms with E-state index >= 15 is 0 Å². The van der Waals surface area contributed by atoms with Gasteiger partial charge in [-0.3, -0.25) is 0 Å². The van der Waals surface area contributed by atoms with Crippen LogP contribution in [0.5, 0.6) is 0 Å². The van der Waals surface area contributed by atoms with Crippen LogP contribution in [0.15, 0.2) is 191 Å². The van der Waals surface area contributed by atoms with Gasteiger partial charge in [-0.15, -0.1) is 0 Å². The van der Waals surface area contributed by atoms with E-state index in [0.29, 0.717) is 0 Å². The molecule has 0 fully saturated rings. The quantitative estimate of drug-likeness (QED) is 0.181. The summed E-state index contributed by atoms with van der Waals surface area (Å²) in [7, 11) is 0. The van der Waals surface area contributed by atoms with E-state index in [9.17, 15) is 0 Å². The van der Waals surface area contributed by atoms with Crippen LogP contribution in [0.3, 0.4) is 0 Å². The molecule has 8 aromatic carbocycles. The van der Waals surface area contributed by atoms with Crippen molar-refractivity contribution in [1.29, 1.82) is 0 Å². The van der Waals surface area contributed by atoms with Gasteiger partial charge in [0, 0.05) is 43.9 Å². The van der Waals surface area contributed by atoms with Gasteiger partial charge in [0.15, 0.2) is 0 Å². The van der Waals surface area contributed by atoms with Crippen LogP contribution in [0.1, 0.15) is 23.6 Å². The molecule has 0 atom stereocenters. The molecule has 250 valence electrons. The van der Waals surface area contributed by atoms with E-state index in [1.54, 1.807) is 0 Å². The molecule has 10 aromatic rings. The van der Waals surface area contributed by atoms with Crippen LogP contribution in [0.4, 0.5) is 17.1 Å². The summed E-state index contributed by atoms with van der Waals surface area (Å²) in [5.41, 5.74) is 14.9. The van der Waals surface area contributed by atoms with Gasteiger partial charge in [0.2, 0.25) is 0 Å². The van der Waals surface area contributed by atoms with Gasteiger partial charge >= 0.3 is 0 Å². The largest absolute Gasteiger partial charge is 0.456 e. The van der Waals surface area contributed by atoms with Crippen molar-refractivity contribution in [1.82, 2.24) is 0 Å². The van der Waals surface area contributed by atoms with Crippen LogP contribution < -0.4 is 4.90 Å². The van der Waals surface area contributed by atoms with Gasteiger partial charge in [-0.1, -0.05) is 127 Å². The summed E-state index contributed by atoms with van der Waals surface area (Å²) in [5.74, 6) is 0. The number of hydrogen-bond donors (Lipinski definition) is 0. The Hall–Kier alpha value is -6.84. The van der Waals surface area contributed by atoms with Crippen LogP contribution >= 0.6 is 0 Å². The molecule has 0 radical (unpaired) electrons. The molecule has 0 aliphatic heterocycles. The highest BCUT2D eigenvalue weighted by Gasteiger charge is 2.44. The summed E-state index contributed by atoms with van der Waals surface area (Å²) >= 11 is 0. The first kappa shape index (κ1) is 29.8. The average Bonchev–Trinajstić information content (AvgIpc) is 3.87. The molecule has 1 aliphatic carbocycles. The molecule has 0 spiro atoms. The van der Waals surface area contributed by atoms with Gasteiger partial charge in [0.25, 0.3) is 0 Å². The number of para-hydroxylation sites is 2. The third-order valence-electron chi connectivity index (χ3n) is 11.3. The number of hydrogen-bond acceptors (Lipinski definition) is 3. The Balaban J connectivity index is 1.25. The monoisotopic (exact) mass is 679 g/mol. The Morgan fingerprint density at radius 2 is 0.943 bits per heavy atom. The molecular formula is C50H33NO2. The summed E-state index contributed by atoms with van der Waals surface area (Å²) < 4.78 is 13.0. The second-order valence-electron chi connectivity index (χ2n) is 14.2. The lowest BCUT2D eigenvalue weighted by atomic mass is 9.71. The Labute approximate surface area is 307 Å². The summed E-state index contributed by atoms with van der Waals surface area (Å²) in [6.45, 7) is 2.40. The molecule has 11 rings (SSSR count). The molecule has 1 aliphatic rings. The molecule has 0 bridgehead atoms. The molecular weight excluding hydrogens is 647 g/mol. The van der Waals surface area contributed by atoms with E-state index in [4.69, 9.17) is 8.83 Å². The van der Waals surface area contributed by atoms with E-state index in [2.05, 4.69) is 182 Å². The predicted octanol–water partition coefficient (Wildman–Crippen LogP) is 14.0. The van der Waals surface area contributed by atoms with E-state index < -0.39 is 5.41 Å². The minimum Gasteiger partial charge on any atom is -0.456 e. The van der Waals surface area contributed by atoms with Crippen molar-refractivity contribution in [2.75, 3.05) is 4.90 Å². The second kappa shape index (κ2) is 11.3. The van der Waals surface area contributed by atoms with E-state index in [-0.39, 0.29) is 0 Å². The van der Waals surface area contributed by atoms with Crippen molar-refractivity contribution in [3.63, 3.8) is 0 Å². The summed E-state index contributed by atoms with van der Waals surface area (Å²) in [6.07, 6.45) is 0. The fourth-order valence-electron chi connectivity index (χ4n) is 8.93. The standard InChI is InChI=1S/C50H33NO2/c1-50(41-19-9-5-15-36(41)37-16-6-10-20-42(37)50)49-43(28-30-47-48(49)39-18-8-12-22-45(39)53-47)51(34-25-23-33(24-26-34)32-13-3-2-4-14-32)35-27-29-46-40(31-35)38-17-7-11-21-44(38)52-46/h2-31H,1H3. The molecule has 0 N–H and O–H groups in total. The summed E-state index contributed by atoms with van der Waals surface area (Å²) in [4.78, 5) is 2.43. The Bertz CT molecular complexity index is 2980. The fourth-order valence-corrected chi connectivity index (χ4v) is 8.93. The zero-order valence-electron chi connectivity index (χ0n) is 29.1. The zero-order chi connectivity index (χ0) is 35.1. The molecule has 53 heavy (non-hydrogen) atoms. The predicted molar refractivity (Wildman–Crippen MR) is 219 cm³/mol. The maximum absolute atomic E-state index is 6.65. The minimum absolute atomic E-state index is 0.511. The van der Waals surface area contributed by atoms with E-state index in [0.717, 1.165) is 60.9 Å². The van der Waals surface area contributed by atoms with E-state index in [1.807, 2.05) is 12.1 Å². The van der Waals surface area contributed by atoms with E-state index in [1.165, 1.54) is 38.9 Å². The third kappa shape index (κ3) is 4.34. The zero-order valence-corrected chi connectivity index (χ0v) is 29.1. The Kier molecular flexibility index (Phi) is 6.38. The highest BCUT2D eigenvalue weighted by molar-refractivity contribution is 6.12. The lowest BCUT2D eigenvalue weighted by molar-refractivity contribution is 0.666. The first-order valence-electron chi connectivity index (χ1n) is 18.2. The van der Waals surface area contributed by atoms with Gasteiger partial charge in [-0.05, 0) is 94.9 Å². The van der Waals surface area contributed by atoms with Crippen LogP contribution in [0.25, 0.3) is 66.1 Å². The van der Waals surface area contributed by atoms with Crippen molar-refractivity contribution < 1.29 is 8.83 Å². The first-order chi connectivity index (χ1) is 26.2. The van der Waals surface area contributed by atoms with Gasteiger partial charge in [0.05, 0.1) is 5.69 Å². The summed E-state index contributed by atoms with van der Waals surface area (Å²) in [5, 5.41) is 4.43. The van der Waals surface area contributed by atoms with Crippen LogP contribution in [0, 0.1) is 0 Å². The van der Waals surface area contributed by atoms with Gasteiger partial charge in [-0.25, -0.2) is 0 Å². The number of benzene rings is 8. The third-order valence-corrected chi connectivity index (χ3v) is 11.3. The normalized spacial score (nSPS) is 13.2. The molecule has 0 amide bonds. The Morgan fingerprint density at radius 3 is 1.68 bits per heavy atom. The maximum Gasteiger partial charge on any atom is 0.135 e. The van der Waals surface area contributed by atoms with Crippen molar-refractivity contribution >= 4 is 60.9 Å². The number of nitrogens with zero attached hydrogens (tertiary/aromatic N) is 1. The molecule has 2 heterocycles. The molecule has 0 saturated carbocycles. The second-order valence-corrected chi connectivity index (χ2v) is 14.2. The molecule has 0 saturated heterocycles. The van der Waals surface area contributed by atoms with Gasteiger partial charge in [0.1, 0.15) is 22.3 Å². The highest BCUT2D eigenvalue weighted by atomic mass is 16.3. The van der Waals surface area contributed by atoms with Crippen molar-refractivity contribution in [2.24, 2.45) is 0 Å². The first-order valence-corrected chi connectivity index (χ1v) is 18.2. The minimum atomic E-state index is -0.511. The van der Waals surface area contributed by atoms with Crippen molar-refractivity contribution in [3.8, 4) is 22.3 Å². The van der Waals surface area contributed by atoms with Gasteiger partial charge in [-0.2, -0.15) is 0 Å². The number of fused-ring (bicyclic) bond motifs is 9. The van der Waals surface area contributed by atoms with Crippen LogP contribution in [-0.2, 0) is 5.41 Å². The SMILES string of the molecule is CC1(c2c(N(c3ccc(-c4ccccc4)cc3)c3ccc4oc5ccccc5c4c3)ccc3oc4ccccc4c23)c2ccccc2-c2ccccc21. The average molecular weight is 680 g/mol. The smallest absolute Gasteiger partial charge is 0.135 e. The lowest BCUT2D eigenvalue weighted by Crippen LogP contribution is -2.26. The summed E-state index contributed by atoms with van der Waals surface area (Å²) in [6, 6.07) is 65.1. The molecule has 3 heteroatoms. The lowest BCUT2D eigenvalue weighted by Gasteiger charge is -2.36. The molecule has 3 nitrogen and oxygen atoms in total. The van der Waals surface area contributed by atoms with Gasteiger partial charge < -0.3 is 13.7 Å². The molecule has 2 aromatic heterocycles.